The molecular weight excluding hydrogens is 452 g/mol. The van der Waals surface area contributed by atoms with Gasteiger partial charge < -0.3 is 20.5 Å². The Morgan fingerprint density at radius 1 is 1.09 bits per heavy atom. The summed E-state index contributed by atoms with van der Waals surface area (Å²) in [4.78, 5) is 14.6. The molecule has 0 spiro atoms. The highest BCUT2D eigenvalue weighted by Crippen LogP contribution is 2.23. The van der Waals surface area contributed by atoms with E-state index in [1.165, 1.54) is 4.90 Å². The Bertz CT molecular complexity index is 1060. The Morgan fingerprint density at radius 2 is 1.71 bits per heavy atom. The topological polar surface area (TPSA) is 110 Å². The molecule has 2 rings (SSSR count). The summed E-state index contributed by atoms with van der Waals surface area (Å²) in [6, 6.07) is 14.1. The van der Waals surface area contributed by atoms with Gasteiger partial charge in [0.1, 0.15) is 5.60 Å². The number of carbonyl (C=O) groups excluding carboxylic acids is 1. The van der Waals surface area contributed by atoms with E-state index in [-0.39, 0.29) is 23.9 Å². The Labute approximate surface area is 203 Å². The molecule has 0 saturated carbocycles. The van der Waals surface area contributed by atoms with Crippen LogP contribution >= 0.6 is 0 Å². The van der Waals surface area contributed by atoms with Crippen molar-refractivity contribution in [1.82, 2.24) is 4.90 Å². The molecule has 0 aliphatic carbocycles. The molecule has 0 fully saturated rings. The van der Waals surface area contributed by atoms with Gasteiger partial charge in [-0.2, -0.15) is 0 Å². The molecule has 0 bridgehead atoms. The highest BCUT2D eigenvalue weighted by Gasteiger charge is 2.27. The molecule has 2 aromatic rings. The number of sulfone groups is 1. The monoisotopic (exact) mass is 490 g/mol. The van der Waals surface area contributed by atoms with Gasteiger partial charge in [0.25, 0.3) is 0 Å². The molecular formula is C26H38N2O5S. The minimum Gasteiger partial charge on any atom is -0.444 e. The van der Waals surface area contributed by atoms with Crippen molar-refractivity contribution < 1.29 is 23.1 Å². The minimum atomic E-state index is -3.44. The maximum atomic E-state index is 13.0. The predicted molar refractivity (Wildman–Crippen MR) is 134 cm³/mol. The largest absolute Gasteiger partial charge is 0.444 e. The van der Waals surface area contributed by atoms with Gasteiger partial charge in [-0.3, -0.25) is 0 Å². The average Bonchev–Trinajstić information content (AvgIpc) is 2.71. The highest BCUT2D eigenvalue weighted by atomic mass is 32.2. The van der Waals surface area contributed by atoms with E-state index in [0.29, 0.717) is 12.0 Å². The molecule has 1 amide bonds. The van der Waals surface area contributed by atoms with E-state index in [1.807, 2.05) is 50.2 Å². The quantitative estimate of drug-likeness (QED) is 0.552. The van der Waals surface area contributed by atoms with Crippen molar-refractivity contribution in [1.29, 1.82) is 0 Å². The van der Waals surface area contributed by atoms with Crippen LogP contribution in [-0.4, -0.2) is 55.1 Å². The molecule has 0 saturated heterocycles. The van der Waals surface area contributed by atoms with E-state index in [0.717, 1.165) is 17.4 Å². The maximum absolute atomic E-state index is 13.0. The Hall–Kier alpha value is -2.42. The highest BCUT2D eigenvalue weighted by molar-refractivity contribution is 7.90. The van der Waals surface area contributed by atoms with Gasteiger partial charge in [-0.15, -0.1) is 0 Å². The van der Waals surface area contributed by atoms with Crippen LogP contribution in [0.5, 0.6) is 0 Å². The number of nitrogens with two attached hydrogens (primary N) is 1. The second-order valence-corrected chi connectivity index (χ2v) is 12.1. The molecule has 2 unspecified atom stereocenters. The third-order valence-corrected chi connectivity index (χ3v) is 6.42. The Morgan fingerprint density at radius 3 is 2.24 bits per heavy atom. The van der Waals surface area contributed by atoms with E-state index in [2.05, 4.69) is 0 Å². The van der Waals surface area contributed by atoms with Gasteiger partial charge in [0, 0.05) is 18.8 Å². The number of amides is 1. The summed E-state index contributed by atoms with van der Waals surface area (Å²) in [7, 11) is -3.44. The number of ether oxygens (including phenoxy) is 1. The number of aliphatic hydroxyl groups excluding tert-OH is 1. The van der Waals surface area contributed by atoms with Crippen LogP contribution in [0.15, 0.2) is 53.4 Å². The summed E-state index contributed by atoms with van der Waals surface area (Å²) in [6.45, 7) is 9.27. The molecule has 7 nitrogen and oxygen atoms in total. The lowest BCUT2D eigenvalue weighted by Crippen LogP contribution is -2.47. The predicted octanol–water partition coefficient (Wildman–Crippen LogP) is 3.88. The molecule has 8 heteroatoms. The minimum absolute atomic E-state index is 0.0526. The van der Waals surface area contributed by atoms with E-state index in [9.17, 15) is 18.3 Å². The number of rotatable bonds is 9. The van der Waals surface area contributed by atoms with Crippen LogP contribution in [0.2, 0.25) is 0 Å². The number of carbonyl (C=O) groups is 1. The van der Waals surface area contributed by atoms with E-state index < -0.39 is 33.7 Å². The SMILES string of the molecule is CC(C)c1cc(CN(CC(O)C(N)Cc2ccccc2)C(=O)OC(C)(C)C)cc(S(C)(=O)=O)c1. The first-order valence-electron chi connectivity index (χ1n) is 11.4. The Balaban J connectivity index is 2.32. The molecule has 0 heterocycles. The average molecular weight is 491 g/mol. The number of hydrogen-bond acceptors (Lipinski definition) is 6. The van der Waals surface area contributed by atoms with Crippen LogP contribution < -0.4 is 5.73 Å². The van der Waals surface area contributed by atoms with E-state index in [4.69, 9.17) is 10.5 Å². The van der Waals surface area contributed by atoms with Crippen LogP contribution in [0.3, 0.4) is 0 Å². The van der Waals surface area contributed by atoms with Gasteiger partial charge in [-0.25, -0.2) is 13.2 Å². The zero-order valence-electron chi connectivity index (χ0n) is 21.0. The maximum Gasteiger partial charge on any atom is 0.410 e. The lowest BCUT2D eigenvalue weighted by Gasteiger charge is -2.31. The van der Waals surface area contributed by atoms with E-state index >= 15 is 0 Å². The number of aliphatic hydroxyl groups is 1. The zero-order chi connectivity index (χ0) is 25.7. The third kappa shape index (κ3) is 8.74. The lowest BCUT2D eigenvalue weighted by atomic mass is 10.00. The van der Waals surface area contributed by atoms with Crippen molar-refractivity contribution in [2.24, 2.45) is 5.73 Å². The number of benzene rings is 2. The molecule has 0 aliphatic rings. The molecule has 0 radical (unpaired) electrons. The molecule has 188 valence electrons. The van der Waals surface area contributed by atoms with Crippen molar-refractivity contribution in [2.75, 3.05) is 12.8 Å². The number of nitrogens with zero attached hydrogens (tertiary/aromatic N) is 1. The first-order chi connectivity index (χ1) is 15.7. The molecule has 34 heavy (non-hydrogen) atoms. The van der Waals surface area contributed by atoms with Gasteiger partial charge in [0.2, 0.25) is 0 Å². The summed E-state index contributed by atoms with van der Waals surface area (Å²) >= 11 is 0. The normalized spacial score (nSPS) is 14.0. The van der Waals surface area contributed by atoms with Crippen molar-refractivity contribution in [3.8, 4) is 0 Å². The van der Waals surface area contributed by atoms with Crippen LogP contribution in [0.1, 0.15) is 57.2 Å². The molecule has 0 aliphatic heterocycles. The Kier molecular flexibility index (Phi) is 9.28. The smallest absolute Gasteiger partial charge is 0.410 e. The third-order valence-electron chi connectivity index (χ3n) is 5.32. The molecule has 2 atom stereocenters. The zero-order valence-corrected chi connectivity index (χ0v) is 21.8. The van der Waals surface area contributed by atoms with Crippen LogP contribution in [0.4, 0.5) is 4.79 Å². The van der Waals surface area contributed by atoms with Crippen molar-refractivity contribution in [3.05, 3.63) is 65.2 Å². The van der Waals surface area contributed by atoms with Crippen LogP contribution in [-0.2, 0) is 27.5 Å². The fourth-order valence-corrected chi connectivity index (χ4v) is 4.17. The standard InChI is InChI=1S/C26H38N2O5S/c1-18(2)21-12-20(13-22(15-21)34(6,31)32)16-28(25(30)33-26(3,4)5)17-24(29)23(27)14-19-10-8-7-9-11-19/h7-13,15,18,23-24,29H,14,16-17,27H2,1-6H3. The van der Waals surface area contributed by atoms with Crippen molar-refractivity contribution in [3.63, 3.8) is 0 Å². The summed E-state index contributed by atoms with van der Waals surface area (Å²) in [6.07, 6.45) is 0.00379. The first kappa shape index (κ1) is 27.8. The fraction of sp³-hybridized carbons (Fsp3) is 0.500. The molecule has 2 aromatic carbocycles. The molecule has 0 aromatic heterocycles. The van der Waals surface area contributed by atoms with Crippen molar-refractivity contribution in [2.45, 2.75) is 76.1 Å². The second kappa shape index (κ2) is 11.3. The van der Waals surface area contributed by atoms with Gasteiger partial charge in [-0.1, -0.05) is 50.2 Å². The van der Waals surface area contributed by atoms with Gasteiger partial charge in [0.05, 0.1) is 17.5 Å². The van der Waals surface area contributed by atoms with Crippen LogP contribution in [0, 0.1) is 0 Å². The van der Waals surface area contributed by atoms with E-state index in [1.54, 1.807) is 32.9 Å². The van der Waals surface area contributed by atoms with Gasteiger partial charge in [-0.05, 0) is 61.9 Å². The first-order valence-corrected chi connectivity index (χ1v) is 13.3. The lowest BCUT2D eigenvalue weighted by molar-refractivity contribution is 0.00993. The molecule has 3 N–H and O–H groups in total. The second-order valence-electron chi connectivity index (χ2n) is 10.1. The van der Waals surface area contributed by atoms with Crippen LogP contribution in [0.25, 0.3) is 0 Å². The number of hydrogen-bond donors (Lipinski definition) is 2. The fourth-order valence-electron chi connectivity index (χ4n) is 3.46. The summed E-state index contributed by atoms with van der Waals surface area (Å²) < 4.78 is 30.1. The van der Waals surface area contributed by atoms with Gasteiger partial charge >= 0.3 is 6.09 Å². The summed E-state index contributed by atoms with van der Waals surface area (Å²) in [5, 5.41) is 10.8. The summed E-state index contributed by atoms with van der Waals surface area (Å²) in [5.41, 5.74) is 8.00. The van der Waals surface area contributed by atoms with Crippen molar-refractivity contribution >= 4 is 15.9 Å². The van der Waals surface area contributed by atoms with Gasteiger partial charge in [0.15, 0.2) is 9.84 Å². The summed E-state index contributed by atoms with van der Waals surface area (Å²) in [5.74, 6) is 0.0975.